The maximum absolute atomic E-state index is 11.6. The number of nitrogens with zero attached hydrogens (tertiary/aromatic N) is 1. The molecule has 0 aliphatic heterocycles. The van der Waals surface area contributed by atoms with Crippen molar-refractivity contribution < 1.29 is 22.6 Å². The van der Waals surface area contributed by atoms with Gasteiger partial charge in [0, 0.05) is 33.3 Å². The third kappa shape index (κ3) is 11.7. The molecule has 0 unspecified atom stereocenters. The summed E-state index contributed by atoms with van der Waals surface area (Å²) in [6.07, 6.45) is -4.53. The third-order valence-electron chi connectivity index (χ3n) is 1.89. The average molecular weight is 244 g/mol. The van der Waals surface area contributed by atoms with Crippen molar-refractivity contribution in [2.75, 3.05) is 53.6 Å². The van der Waals surface area contributed by atoms with Gasteiger partial charge in [-0.1, -0.05) is 0 Å². The first-order chi connectivity index (χ1) is 7.45. The molecular weight excluding hydrogens is 225 g/mol. The topological polar surface area (TPSA) is 33.7 Å². The number of halogens is 3. The van der Waals surface area contributed by atoms with E-state index in [1.54, 1.807) is 19.1 Å². The predicted octanol–water partition coefficient (Wildman–Crippen LogP) is 0.691. The van der Waals surface area contributed by atoms with Crippen LogP contribution in [0.1, 0.15) is 0 Å². The van der Waals surface area contributed by atoms with Gasteiger partial charge in [-0.05, 0) is 7.05 Å². The van der Waals surface area contributed by atoms with Crippen LogP contribution in [0, 0.1) is 0 Å². The van der Waals surface area contributed by atoms with Gasteiger partial charge in [0.15, 0.2) is 0 Å². The number of hydrogen-bond acceptors (Lipinski definition) is 4. The van der Waals surface area contributed by atoms with E-state index in [1.807, 2.05) is 0 Å². The number of rotatable bonds is 9. The van der Waals surface area contributed by atoms with E-state index >= 15 is 0 Å². The maximum Gasteiger partial charge on any atom is 0.522 e. The molecule has 0 atom stereocenters. The van der Waals surface area contributed by atoms with Crippen molar-refractivity contribution in [3.63, 3.8) is 0 Å². The second-order valence-corrected chi connectivity index (χ2v) is 3.34. The predicted molar refractivity (Wildman–Crippen MR) is 54.2 cm³/mol. The first-order valence-corrected chi connectivity index (χ1v) is 5.04. The molecule has 0 bridgehead atoms. The zero-order chi connectivity index (χ0) is 12.4. The minimum absolute atomic E-state index is 0.255. The molecule has 0 radical (unpaired) electrons. The Kier molecular flexibility index (Phi) is 8.54. The third-order valence-corrected chi connectivity index (χ3v) is 1.89. The molecule has 1 N–H and O–H groups in total. The molecule has 0 aromatic carbocycles. The van der Waals surface area contributed by atoms with Gasteiger partial charge in [-0.2, -0.15) is 0 Å². The summed E-state index contributed by atoms with van der Waals surface area (Å²) in [7, 11) is 3.36. The van der Waals surface area contributed by atoms with Gasteiger partial charge in [0.1, 0.15) is 0 Å². The zero-order valence-electron chi connectivity index (χ0n) is 9.64. The Morgan fingerprint density at radius 3 is 2.38 bits per heavy atom. The fraction of sp³-hybridized carbons (Fsp3) is 1.00. The lowest BCUT2D eigenvalue weighted by Crippen LogP contribution is -2.33. The Morgan fingerprint density at radius 1 is 1.12 bits per heavy atom. The summed E-state index contributed by atoms with van der Waals surface area (Å²) in [5, 5.41) is 3.09. The summed E-state index contributed by atoms with van der Waals surface area (Å²) in [6, 6.07) is 0. The van der Waals surface area contributed by atoms with E-state index in [-0.39, 0.29) is 13.2 Å². The van der Waals surface area contributed by atoms with Crippen molar-refractivity contribution in [1.82, 2.24) is 10.2 Å². The molecule has 0 aliphatic rings. The maximum atomic E-state index is 11.6. The molecule has 0 saturated carbocycles. The van der Waals surface area contributed by atoms with E-state index in [2.05, 4.69) is 10.1 Å². The SMILES string of the molecule is COCCNCCN(C)CCOC(F)(F)F. The highest BCUT2D eigenvalue weighted by Crippen LogP contribution is 2.15. The van der Waals surface area contributed by atoms with Crippen LogP contribution in [0.15, 0.2) is 0 Å². The molecular formula is C9H19F3N2O2. The van der Waals surface area contributed by atoms with Crippen molar-refractivity contribution in [2.45, 2.75) is 6.36 Å². The van der Waals surface area contributed by atoms with Crippen LogP contribution in [0.25, 0.3) is 0 Å². The van der Waals surface area contributed by atoms with Gasteiger partial charge < -0.3 is 15.0 Å². The standard InChI is InChI=1S/C9H19F3N2O2/c1-14(5-3-13-4-7-15-2)6-8-16-9(10,11)12/h13H,3-8H2,1-2H3. The highest BCUT2D eigenvalue weighted by atomic mass is 19.4. The van der Waals surface area contributed by atoms with Gasteiger partial charge in [-0.15, -0.1) is 13.2 Å². The van der Waals surface area contributed by atoms with Gasteiger partial charge >= 0.3 is 6.36 Å². The molecule has 0 heterocycles. The van der Waals surface area contributed by atoms with Gasteiger partial charge in [-0.25, -0.2) is 0 Å². The molecule has 0 spiro atoms. The number of likely N-dealkylation sites (N-methyl/N-ethyl adjacent to an activating group) is 1. The number of ether oxygens (including phenoxy) is 2. The fourth-order valence-electron chi connectivity index (χ4n) is 0.998. The number of hydrogen-bond donors (Lipinski definition) is 1. The monoisotopic (exact) mass is 244 g/mol. The zero-order valence-corrected chi connectivity index (χ0v) is 9.64. The normalized spacial score (nSPS) is 12.4. The van der Waals surface area contributed by atoms with Gasteiger partial charge in [0.25, 0.3) is 0 Å². The van der Waals surface area contributed by atoms with Crippen LogP contribution in [0.5, 0.6) is 0 Å². The summed E-state index contributed by atoms with van der Waals surface area (Å²) in [5.74, 6) is 0. The lowest BCUT2D eigenvalue weighted by atomic mass is 10.5. The molecule has 0 saturated heterocycles. The van der Waals surface area contributed by atoms with Crippen molar-refractivity contribution in [1.29, 1.82) is 0 Å². The summed E-state index contributed by atoms with van der Waals surface area (Å²) in [6.45, 7) is 2.67. The minimum atomic E-state index is -4.53. The highest BCUT2D eigenvalue weighted by Gasteiger charge is 2.28. The molecule has 98 valence electrons. The van der Waals surface area contributed by atoms with Crippen LogP contribution in [0.4, 0.5) is 13.2 Å². The molecule has 7 heteroatoms. The van der Waals surface area contributed by atoms with Gasteiger partial charge in [0.05, 0.1) is 13.2 Å². The summed E-state index contributed by atoms with van der Waals surface area (Å²) in [5.41, 5.74) is 0. The number of nitrogens with one attached hydrogen (secondary N) is 1. The molecule has 16 heavy (non-hydrogen) atoms. The summed E-state index contributed by atoms with van der Waals surface area (Å²) >= 11 is 0. The van der Waals surface area contributed by atoms with Crippen LogP contribution in [0.2, 0.25) is 0 Å². The van der Waals surface area contributed by atoms with E-state index in [1.165, 1.54) is 0 Å². The van der Waals surface area contributed by atoms with Gasteiger partial charge in [0.2, 0.25) is 0 Å². The van der Waals surface area contributed by atoms with Crippen LogP contribution < -0.4 is 5.32 Å². The first-order valence-electron chi connectivity index (χ1n) is 5.04. The lowest BCUT2D eigenvalue weighted by molar-refractivity contribution is -0.324. The Balaban J connectivity index is 3.28. The quantitative estimate of drug-likeness (QED) is 0.605. The minimum Gasteiger partial charge on any atom is -0.383 e. The smallest absolute Gasteiger partial charge is 0.383 e. The van der Waals surface area contributed by atoms with Crippen LogP contribution >= 0.6 is 0 Å². The number of alkyl halides is 3. The van der Waals surface area contributed by atoms with Crippen molar-refractivity contribution in [3.8, 4) is 0 Å². The molecule has 4 nitrogen and oxygen atoms in total. The Morgan fingerprint density at radius 2 is 1.81 bits per heavy atom. The molecule has 0 amide bonds. The second-order valence-electron chi connectivity index (χ2n) is 3.34. The van der Waals surface area contributed by atoms with Crippen molar-refractivity contribution in [2.24, 2.45) is 0 Å². The highest BCUT2D eigenvalue weighted by molar-refractivity contribution is 4.54. The summed E-state index contributed by atoms with van der Waals surface area (Å²) < 4.78 is 43.4. The Bertz CT molecular complexity index is 167. The Labute approximate surface area is 93.7 Å². The molecule has 0 aliphatic carbocycles. The van der Waals surface area contributed by atoms with E-state index in [4.69, 9.17) is 4.74 Å². The summed E-state index contributed by atoms with van der Waals surface area (Å²) in [4.78, 5) is 1.77. The molecule has 0 aromatic rings. The van der Waals surface area contributed by atoms with Gasteiger partial charge in [-0.3, -0.25) is 4.74 Å². The Hall–Kier alpha value is -0.370. The van der Waals surface area contributed by atoms with Crippen molar-refractivity contribution in [3.05, 3.63) is 0 Å². The largest absolute Gasteiger partial charge is 0.522 e. The van der Waals surface area contributed by atoms with E-state index < -0.39 is 6.36 Å². The van der Waals surface area contributed by atoms with E-state index in [9.17, 15) is 13.2 Å². The first kappa shape index (κ1) is 15.6. The fourth-order valence-corrected chi connectivity index (χ4v) is 0.998. The second kappa shape index (κ2) is 8.74. The van der Waals surface area contributed by atoms with Crippen LogP contribution in [0.3, 0.4) is 0 Å². The lowest BCUT2D eigenvalue weighted by Gasteiger charge is -2.17. The molecule has 0 rings (SSSR count). The molecule has 0 fully saturated rings. The average Bonchev–Trinajstić information content (AvgIpc) is 2.15. The number of methoxy groups -OCH3 is 1. The van der Waals surface area contributed by atoms with E-state index in [0.717, 1.165) is 6.54 Å². The molecule has 0 aromatic heterocycles. The van der Waals surface area contributed by atoms with E-state index in [0.29, 0.717) is 19.7 Å². The van der Waals surface area contributed by atoms with Crippen LogP contribution in [-0.4, -0.2) is 64.8 Å². The van der Waals surface area contributed by atoms with Crippen molar-refractivity contribution >= 4 is 0 Å². The van der Waals surface area contributed by atoms with Crippen LogP contribution in [-0.2, 0) is 9.47 Å².